The lowest BCUT2D eigenvalue weighted by Crippen LogP contribution is -2.31. The zero-order chi connectivity index (χ0) is 9.52. The van der Waals surface area contributed by atoms with Gasteiger partial charge in [-0.05, 0) is 26.6 Å². The molecule has 1 heterocycles. The summed E-state index contributed by atoms with van der Waals surface area (Å²) in [6, 6.07) is 0. The zero-order valence-electron chi connectivity index (χ0n) is 8.58. The van der Waals surface area contributed by atoms with Crippen LogP contribution in [0.25, 0.3) is 0 Å². The SMILES string of the molecule is CNCCN(C)CC1=NCCC=C1. The van der Waals surface area contributed by atoms with Crippen LogP contribution in [0.5, 0.6) is 0 Å². The summed E-state index contributed by atoms with van der Waals surface area (Å²) in [6.07, 6.45) is 5.44. The van der Waals surface area contributed by atoms with Crippen molar-refractivity contribution in [3.8, 4) is 0 Å². The molecule has 0 fully saturated rings. The average Bonchev–Trinajstić information content (AvgIpc) is 2.16. The lowest BCUT2D eigenvalue weighted by Gasteiger charge is -2.17. The maximum Gasteiger partial charge on any atom is 0.0485 e. The average molecular weight is 181 g/mol. The highest BCUT2D eigenvalue weighted by atomic mass is 15.1. The highest BCUT2D eigenvalue weighted by molar-refractivity contribution is 5.97. The molecule has 1 N–H and O–H groups in total. The van der Waals surface area contributed by atoms with E-state index in [9.17, 15) is 0 Å². The van der Waals surface area contributed by atoms with Gasteiger partial charge in [-0.2, -0.15) is 0 Å². The number of nitrogens with one attached hydrogen (secondary N) is 1. The van der Waals surface area contributed by atoms with Crippen LogP contribution in [0.15, 0.2) is 17.1 Å². The number of nitrogens with zero attached hydrogens (tertiary/aromatic N) is 2. The van der Waals surface area contributed by atoms with Gasteiger partial charge in [-0.1, -0.05) is 6.08 Å². The number of dihydropyridines is 1. The highest BCUT2D eigenvalue weighted by Gasteiger charge is 2.02. The summed E-state index contributed by atoms with van der Waals surface area (Å²) in [7, 11) is 4.11. The standard InChI is InChI=1S/C10H19N3/c1-11-7-8-13(2)9-10-5-3-4-6-12-10/h3,5,11H,4,6-9H2,1-2H3. The van der Waals surface area contributed by atoms with Gasteiger partial charge in [0.15, 0.2) is 0 Å². The molecule has 0 bridgehead atoms. The molecule has 3 heteroatoms. The molecule has 0 aromatic carbocycles. The predicted molar refractivity (Wildman–Crippen MR) is 57.5 cm³/mol. The first-order valence-electron chi connectivity index (χ1n) is 4.86. The second kappa shape index (κ2) is 5.89. The van der Waals surface area contributed by atoms with Crippen molar-refractivity contribution in [2.75, 3.05) is 40.3 Å². The van der Waals surface area contributed by atoms with Crippen molar-refractivity contribution < 1.29 is 0 Å². The van der Waals surface area contributed by atoms with Gasteiger partial charge in [0.1, 0.15) is 0 Å². The smallest absolute Gasteiger partial charge is 0.0485 e. The Bertz CT molecular complexity index is 196. The van der Waals surface area contributed by atoms with Crippen LogP contribution in [0.3, 0.4) is 0 Å². The van der Waals surface area contributed by atoms with Crippen LogP contribution in [0.4, 0.5) is 0 Å². The summed E-state index contributed by atoms with van der Waals surface area (Å²) < 4.78 is 0. The molecule has 3 nitrogen and oxygen atoms in total. The molecule has 0 saturated heterocycles. The molecule has 1 aliphatic heterocycles. The predicted octanol–water partition coefficient (Wildman–Crippen LogP) is 0.539. The molecule has 13 heavy (non-hydrogen) atoms. The monoisotopic (exact) mass is 181 g/mol. The number of hydrogen-bond donors (Lipinski definition) is 1. The van der Waals surface area contributed by atoms with Crippen molar-refractivity contribution in [3.63, 3.8) is 0 Å². The normalized spacial score (nSPS) is 16.4. The first kappa shape index (κ1) is 10.4. The number of likely N-dealkylation sites (N-methyl/N-ethyl adjacent to an activating group) is 2. The van der Waals surface area contributed by atoms with Crippen molar-refractivity contribution >= 4 is 5.71 Å². The molecule has 0 aromatic rings. The summed E-state index contributed by atoms with van der Waals surface area (Å²) in [6.45, 7) is 4.04. The van der Waals surface area contributed by atoms with Crippen LogP contribution in [-0.4, -0.2) is 50.9 Å². The van der Waals surface area contributed by atoms with Gasteiger partial charge in [-0.3, -0.25) is 9.89 Å². The maximum absolute atomic E-state index is 4.45. The minimum Gasteiger partial charge on any atom is -0.318 e. The molecule has 0 radical (unpaired) electrons. The minimum absolute atomic E-state index is 0.964. The third-order valence-electron chi connectivity index (χ3n) is 2.10. The van der Waals surface area contributed by atoms with Gasteiger partial charge < -0.3 is 5.32 Å². The van der Waals surface area contributed by atoms with E-state index in [0.29, 0.717) is 0 Å². The summed E-state index contributed by atoms with van der Waals surface area (Å²) in [4.78, 5) is 6.73. The van der Waals surface area contributed by atoms with Crippen LogP contribution in [0.1, 0.15) is 6.42 Å². The number of hydrogen-bond acceptors (Lipinski definition) is 3. The largest absolute Gasteiger partial charge is 0.318 e. The van der Waals surface area contributed by atoms with Gasteiger partial charge in [0, 0.05) is 31.9 Å². The lowest BCUT2D eigenvalue weighted by atomic mass is 10.2. The van der Waals surface area contributed by atoms with Crippen molar-refractivity contribution in [3.05, 3.63) is 12.2 Å². The molecule has 1 rings (SSSR count). The fourth-order valence-corrected chi connectivity index (χ4v) is 1.32. The van der Waals surface area contributed by atoms with Crippen molar-refractivity contribution in [2.45, 2.75) is 6.42 Å². The van der Waals surface area contributed by atoms with E-state index >= 15 is 0 Å². The quantitative estimate of drug-likeness (QED) is 0.670. The van der Waals surface area contributed by atoms with Crippen molar-refractivity contribution in [1.29, 1.82) is 0 Å². The minimum atomic E-state index is 0.964. The van der Waals surface area contributed by atoms with E-state index in [2.05, 4.69) is 34.4 Å². The molecule has 0 aromatic heterocycles. The molecule has 74 valence electrons. The topological polar surface area (TPSA) is 27.6 Å². The van der Waals surface area contributed by atoms with E-state index in [0.717, 1.165) is 32.6 Å². The molecular formula is C10H19N3. The van der Waals surface area contributed by atoms with Gasteiger partial charge in [0.25, 0.3) is 0 Å². The second-order valence-corrected chi connectivity index (χ2v) is 3.41. The highest BCUT2D eigenvalue weighted by Crippen LogP contribution is 1.97. The first-order chi connectivity index (χ1) is 6.33. The van der Waals surface area contributed by atoms with Gasteiger partial charge in [-0.15, -0.1) is 0 Å². The summed E-state index contributed by atoms with van der Waals surface area (Å²) >= 11 is 0. The van der Waals surface area contributed by atoms with Gasteiger partial charge in [-0.25, -0.2) is 0 Å². The van der Waals surface area contributed by atoms with Crippen molar-refractivity contribution in [1.82, 2.24) is 10.2 Å². The fraction of sp³-hybridized carbons (Fsp3) is 0.700. The van der Waals surface area contributed by atoms with Crippen molar-refractivity contribution in [2.24, 2.45) is 4.99 Å². The van der Waals surface area contributed by atoms with Gasteiger partial charge in [0.05, 0.1) is 0 Å². The van der Waals surface area contributed by atoms with Gasteiger partial charge >= 0.3 is 0 Å². The third kappa shape index (κ3) is 4.20. The summed E-state index contributed by atoms with van der Waals surface area (Å²) in [5, 5.41) is 3.14. The Morgan fingerprint density at radius 2 is 2.46 bits per heavy atom. The number of rotatable bonds is 5. The van der Waals surface area contributed by atoms with Crippen LogP contribution in [0, 0.1) is 0 Å². The van der Waals surface area contributed by atoms with Crippen LogP contribution in [-0.2, 0) is 0 Å². The molecule has 0 aliphatic carbocycles. The van der Waals surface area contributed by atoms with Gasteiger partial charge in [0.2, 0.25) is 0 Å². The third-order valence-corrected chi connectivity index (χ3v) is 2.10. The Hall–Kier alpha value is -0.670. The molecule has 0 saturated carbocycles. The molecular weight excluding hydrogens is 162 g/mol. The van der Waals surface area contributed by atoms with Crippen LogP contribution < -0.4 is 5.32 Å². The molecule has 0 atom stereocenters. The fourth-order valence-electron chi connectivity index (χ4n) is 1.32. The Morgan fingerprint density at radius 1 is 1.62 bits per heavy atom. The van der Waals surface area contributed by atoms with E-state index < -0.39 is 0 Å². The Morgan fingerprint density at radius 3 is 3.08 bits per heavy atom. The van der Waals surface area contributed by atoms with E-state index in [1.54, 1.807) is 0 Å². The van der Waals surface area contributed by atoms with E-state index in [-0.39, 0.29) is 0 Å². The Balaban J connectivity index is 2.22. The zero-order valence-corrected chi connectivity index (χ0v) is 8.58. The maximum atomic E-state index is 4.45. The Kier molecular flexibility index (Phi) is 4.72. The Labute approximate surface area is 80.5 Å². The molecule has 1 aliphatic rings. The van der Waals surface area contributed by atoms with E-state index in [1.165, 1.54) is 5.71 Å². The molecule has 0 unspecified atom stereocenters. The first-order valence-corrected chi connectivity index (χ1v) is 4.86. The van der Waals surface area contributed by atoms with E-state index in [4.69, 9.17) is 0 Å². The van der Waals surface area contributed by atoms with Crippen LogP contribution >= 0.6 is 0 Å². The summed E-state index contributed by atoms with van der Waals surface area (Å²) in [5.74, 6) is 0. The number of aliphatic imine (C=N–C) groups is 1. The van der Waals surface area contributed by atoms with E-state index in [1.807, 2.05) is 7.05 Å². The molecule has 0 spiro atoms. The second-order valence-electron chi connectivity index (χ2n) is 3.41. The summed E-state index contributed by atoms with van der Waals surface area (Å²) in [5.41, 5.74) is 1.21. The molecule has 0 amide bonds. The van der Waals surface area contributed by atoms with Crippen LogP contribution in [0.2, 0.25) is 0 Å². The lowest BCUT2D eigenvalue weighted by molar-refractivity contribution is 0.380.